The number of carbonyl (C=O) groups excluding carboxylic acids is 3. The summed E-state index contributed by atoms with van der Waals surface area (Å²) < 4.78 is 4.82. The van der Waals surface area contributed by atoms with Crippen molar-refractivity contribution < 1.29 is 19.1 Å². The van der Waals surface area contributed by atoms with Gasteiger partial charge >= 0.3 is 5.97 Å². The van der Waals surface area contributed by atoms with Crippen LogP contribution in [0.1, 0.15) is 40.0 Å². The van der Waals surface area contributed by atoms with Gasteiger partial charge in [0, 0.05) is 17.0 Å². The van der Waals surface area contributed by atoms with E-state index in [1.165, 1.54) is 11.3 Å². The van der Waals surface area contributed by atoms with E-state index in [2.05, 4.69) is 20.8 Å². The van der Waals surface area contributed by atoms with Gasteiger partial charge in [0.15, 0.2) is 0 Å². The lowest BCUT2D eigenvalue weighted by molar-refractivity contribution is -0.144. The molecule has 2 amide bonds. The number of benzene rings is 1. The Balaban J connectivity index is 2.01. The first kappa shape index (κ1) is 23.8. The molecule has 30 heavy (non-hydrogen) atoms. The van der Waals surface area contributed by atoms with Crippen LogP contribution in [0.3, 0.4) is 0 Å². The molecule has 0 saturated carbocycles. The predicted molar refractivity (Wildman–Crippen MR) is 116 cm³/mol. The molecule has 0 aliphatic carbocycles. The number of carbonyl (C=O) groups is 3. The molecule has 2 rings (SSSR count). The fraction of sp³-hybridized carbons (Fsp3) is 0.450. The van der Waals surface area contributed by atoms with Gasteiger partial charge in [-0.25, -0.2) is 0 Å². The Morgan fingerprint density at radius 3 is 2.63 bits per heavy atom. The molecule has 0 saturated heterocycles. The fourth-order valence-electron chi connectivity index (χ4n) is 2.59. The third-order valence-electron chi connectivity index (χ3n) is 4.40. The van der Waals surface area contributed by atoms with E-state index in [0.717, 1.165) is 5.56 Å². The molecule has 162 valence electrons. The molecule has 0 bridgehead atoms. The summed E-state index contributed by atoms with van der Waals surface area (Å²) in [6.07, 6.45) is 0.602. The Hall–Kier alpha value is -2.52. The maximum atomic E-state index is 12.8. The number of amides is 2. The van der Waals surface area contributed by atoms with E-state index in [9.17, 15) is 14.4 Å². The number of aromatic nitrogens is 2. The fourth-order valence-corrected chi connectivity index (χ4v) is 3.52. The number of rotatable bonds is 10. The topological polar surface area (TPSA) is 110 Å². The molecule has 0 spiro atoms. The minimum absolute atomic E-state index is 0.0338. The van der Waals surface area contributed by atoms with Crippen LogP contribution in [0, 0.1) is 5.92 Å². The second kappa shape index (κ2) is 11.6. The van der Waals surface area contributed by atoms with Crippen LogP contribution in [0.25, 0.3) is 10.6 Å². The van der Waals surface area contributed by atoms with Gasteiger partial charge in [0.25, 0.3) is 0 Å². The van der Waals surface area contributed by atoms with Crippen molar-refractivity contribution >= 4 is 45.9 Å². The number of anilines is 1. The normalized spacial score (nSPS) is 12.7. The summed E-state index contributed by atoms with van der Waals surface area (Å²) in [6.45, 7) is 5.76. The largest absolute Gasteiger partial charge is 0.466 e. The average Bonchev–Trinajstić information content (AvgIpc) is 3.18. The van der Waals surface area contributed by atoms with Crippen molar-refractivity contribution in [3.05, 3.63) is 29.3 Å². The van der Waals surface area contributed by atoms with Crippen LogP contribution in [-0.2, 0) is 19.1 Å². The summed E-state index contributed by atoms with van der Waals surface area (Å²) in [4.78, 5) is 36.4. The van der Waals surface area contributed by atoms with Crippen molar-refractivity contribution in [3.63, 3.8) is 0 Å². The lowest BCUT2D eigenvalue weighted by Gasteiger charge is -2.22. The number of ether oxygens (including phenoxy) is 1. The molecule has 0 radical (unpaired) electrons. The lowest BCUT2D eigenvalue weighted by atomic mass is 9.98. The highest BCUT2D eigenvalue weighted by molar-refractivity contribution is 7.18. The molecule has 0 aliphatic rings. The Morgan fingerprint density at radius 2 is 1.97 bits per heavy atom. The van der Waals surface area contributed by atoms with Crippen LogP contribution < -0.4 is 10.6 Å². The molecule has 1 aromatic carbocycles. The van der Waals surface area contributed by atoms with E-state index in [1.807, 2.05) is 26.0 Å². The second-order valence-electron chi connectivity index (χ2n) is 6.65. The van der Waals surface area contributed by atoms with Crippen LogP contribution >= 0.6 is 22.9 Å². The molecule has 0 aliphatic heterocycles. The summed E-state index contributed by atoms with van der Waals surface area (Å²) in [5.41, 5.74) is 0.797. The van der Waals surface area contributed by atoms with E-state index in [4.69, 9.17) is 16.3 Å². The van der Waals surface area contributed by atoms with Crippen LogP contribution in [0.4, 0.5) is 5.13 Å². The highest BCUT2D eigenvalue weighted by Gasteiger charge is 2.27. The van der Waals surface area contributed by atoms with Crippen molar-refractivity contribution in [3.8, 4) is 10.6 Å². The Kier molecular flexibility index (Phi) is 9.19. The smallest absolute Gasteiger partial charge is 0.306 e. The summed E-state index contributed by atoms with van der Waals surface area (Å²) >= 11 is 7.22. The number of halogens is 1. The Bertz CT molecular complexity index is 889. The van der Waals surface area contributed by atoms with Gasteiger partial charge in [-0.05, 0) is 25.0 Å². The van der Waals surface area contributed by atoms with Crippen molar-refractivity contribution in [1.29, 1.82) is 0 Å². The van der Waals surface area contributed by atoms with Gasteiger partial charge in [-0.2, -0.15) is 0 Å². The van der Waals surface area contributed by atoms with Gasteiger partial charge in [0.05, 0.1) is 13.0 Å². The van der Waals surface area contributed by atoms with E-state index in [1.54, 1.807) is 19.1 Å². The molecule has 0 fully saturated rings. The molecule has 1 heterocycles. The zero-order valence-electron chi connectivity index (χ0n) is 17.1. The Morgan fingerprint density at radius 1 is 1.20 bits per heavy atom. The number of hydrogen-bond donors (Lipinski definition) is 2. The maximum absolute atomic E-state index is 12.8. The van der Waals surface area contributed by atoms with Gasteiger partial charge in [-0.1, -0.05) is 55.3 Å². The number of esters is 1. The van der Waals surface area contributed by atoms with Gasteiger partial charge in [-0.15, -0.1) is 10.2 Å². The Labute approximate surface area is 184 Å². The summed E-state index contributed by atoms with van der Waals surface area (Å²) in [5, 5.41) is 15.0. The van der Waals surface area contributed by atoms with Crippen LogP contribution in [0.5, 0.6) is 0 Å². The van der Waals surface area contributed by atoms with E-state index in [0.29, 0.717) is 21.6 Å². The molecule has 2 unspecified atom stereocenters. The average molecular weight is 453 g/mol. The van der Waals surface area contributed by atoms with Crippen LogP contribution in [0.2, 0.25) is 5.02 Å². The second-order valence-corrected chi connectivity index (χ2v) is 8.06. The minimum Gasteiger partial charge on any atom is -0.466 e. The number of nitrogens with one attached hydrogen (secondary N) is 2. The van der Waals surface area contributed by atoms with Crippen LogP contribution in [0.15, 0.2) is 24.3 Å². The minimum atomic E-state index is -0.761. The van der Waals surface area contributed by atoms with Gasteiger partial charge in [-0.3, -0.25) is 19.7 Å². The highest BCUT2D eigenvalue weighted by Crippen LogP contribution is 2.28. The molecular weight excluding hydrogens is 428 g/mol. The van der Waals surface area contributed by atoms with E-state index >= 15 is 0 Å². The predicted octanol–water partition coefficient (Wildman–Crippen LogP) is 3.67. The SMILES string of the molecule is CCOC(=O)CCC(=O)NC(C(=O)Nc1nnc(-c2cccc(Cl)c2)s1)C(C)CC. The molecule has 2 atom stereocenters. The van der Waals surface area contributed by atoms with Crippen molar-refractivity contribution in [2.45, 2.75) is 46.1 Å². The number of nitrogens with zero attached hydrogens (tertiary/aromatic N) is 2. The van der Waals surface area contributed by atoms with Gasteiger partial charge < -0.3 is 10.1 Å². The van der Waals surface area contributed by atoms with Crippen molar-refractivity contribution in [1.82, 2.24) is 15.5 Å². The standard InChI is InChI=1S/C20H25ClN4O4S/c1-4-12(3)17(22-15(26)9-10-16(27)29-5-2)18(28)23-20-25-24-19(30-20)13-7-6-8-14(21)11-13/h6-8,11-12,17H,4-5,9-10H2,1-3H3,(H,22,26)(H,23,25,28). The third kappa shape index (κ3) is 7.07. The van der Waals surface area contributed by atoms with Gasteiger partial charge in [0.2, 0.25) is 16.9 Å². The van der Waals surface area contributed by atoms with Gasteiger partial charge in [0.1, 0.15) is 11.0 Å². The molecule has 2 aromatic rings. The van der Waals surface area contributed by atoms with Crippen molar-refractivity contribution in [2.24, 2.45) is 5.92 Å². The number of hydrogen-bond acceptors (Lipinski definition) is 7. The molecular formula is C20H25ClN4O4S. The molecule has 2 N–H and O–H groups in total. The first-order chi connectivity index (χ1) is 14.3. The molecule has 10 heteroatoms. The zero-order valence-corrected chi connectivity index (χ0v) is 18.7. The molecule has 8 nitrogen and oxygen atoms in total. The maximum Gasteiger partial charge on any atom is 0.306 e. The molecule has 1 aromatic heterocycles. The first-order valence-corrected chi connectivity index (χ1v) is 10.9. The first-order valence-electron chi connectivity index (χ1n) is 9.69. The quantitative estimate of drug-likeness (QED) is 0.532. The third-order valence-corrected chi connectivity index (χ3v) is 5.52. The van der Waals surface area contributed by atoms with Crippen LogP contribution in [-0.4, -0.2) is 40.6 Å². The van der Waals surface area contributed by atoms with E-state index < -0.39 is 12.0 Å². The summed E-state index contributed by atoms with van der Waals surface area (Å²) in [7, 11) is 0. The summed E-state index contributed by atoms with van der Waals surface area (Å²) in [6, 6.07) is 6.42. The zero-order chi connectivity index (χ0) is 22.1. The monoisotopic (exact) mass is 452 g/mol. The highest BCUT2D eigenvalue weighted by atomic mass is 35.5. The lowest BCUT2D eigenvalue weighted by Crippen LogP contribution is -2.47. The van der Waals surface area contributed by atoms with Crippen molar-refractivity contribution in [2.75, 3.05) is 11.9 Å². The summed E-state index contributed by atoms with van der Waals surface area (Å²) in [5.74, 6) is -1.33. The van der Waals surface area contributed by atoms with E-state index in [-0.39, 0.29) is 37.2 Å².